The molecule has 8 nitrogen and oxygen atoms in total. The Labute approximate surface area is 217 Å². The van der Waals surface area contributed by atoms with Gasteiger partial charge in [-0.25, -0.2) is 4.98 Å². The van der Waals surface area contributed by atoms with Gasteiger partial charge in [0.2, 0.25) is 5.91 Å². The summed E-state index contributed by atoms with van der Waals surface area (Å²) >= 11 is 1.62. The largest absolute Gasteiger partial charge is 0.493 e. The molecule has 1 fully saturated rings. The maximum atomic E-state index is 13.2. The summed E-state index contributed by atoms with van der Waals surface area (Å²) < 4.78 is 10.7. The van der Waals surface area contributed by atoms with Gasteiger partial charge < -0.3 is 30.3 Å². The Morgan fingerprint density at radius 2 is 2.00 bits per heavy atom. The molecule has 4 rings (SSSR count). The van der Waals surface area contributed by atoms with Crippen LogP contribution >= 0.6 is 11.3 Å². The van der Waals surface area contributed by atoms with E-state index in [4.69, 9.17) is 14.5 Å². The minimum Gasteiger partial charge on any atom is -0.493 e. The third-order valence-electron chi connectivity index (χ3n) is 8.68. The van der Waals surface area contributed by atoms with Crippen molar-refractivity contribution in [3.63, 3.8) is 0 Å². The molecule has 2 aliphatic carbocycles. The van der Waals surface area contributed by atoms with E-state index in [1.54, 1.807) is 25.6 Å². The number of hydrogen-bond donors (Lipinski definition) is 4. The second-order valence-electron chi connectivity index (χ2n) is 10.6. The molecule has 9 heteroatoms. The first kappa shape index (κ1) is 26.7. The van der Waals surface area contributed by atoms with Gasteiger partial charge in [-0.2, -0.15) is 0 Å². The SMILES string of the molecule is CNc1nc2c(s1)CC1C(C)(CO)C(O)CCC1(C)C2CC(=O)NCCc1ccc(OC)c(OC)c1. The van der Waals surface area contributed by atoms with Crippen LogP contribution in [-0.2, 0) is 17.6 Å². The van der Waals surface area contributed by atoms with E-state index in [0.29, 0.717) is 37.3 Å². The quantitative estimate of drug-likeness (QED) is 0.403. The fourth-order valence-corrected chi connectivity index (χ4v) is 7.41. The molecule has 0 spiro atoms. The zero-order valence-corrected chi connectivity index (χ0v) is 22.7. The number of amides is 1. The number of aliphatic hydroxyl groups is 2. The van der Waals surface area contributed by atoms with Gasteiger partial charge in [-0.1, -0.05) is 19.9 Å². The van der Waals surface area contributed by atoms with E-state index in [1.807, 2.05) is 32.2 Å². The van der Waals surface area contributed by atoms with E-state index in [0.717, 1.165) is 34.1 Å². The van der Waals surface area contributed by atoms with Crippen LogP contribution in [0.25, 0.3) is 0 Å². The van der Waals surface area contributed by atoms with Crippen molar-refractivity contribution >= 4 is 22.4 Å². The Kier molecular flexibility index (Phi) is 7.83. The van der Waals surface area contributed by atoms with Gasteiger partial charge >= 0.3 is 0 Å². The summed E-state index contributed by atoms with van der Waals surface area (Å²) in [5.74, 6) is 1.32. The zero-order chi connectivity index (χ0) is 26.1. The Morgan fingerprint density at radius 3 is 2.67 bits per heavy atom. The van der Waals surface area contributed by atoms with Gasteiger partial charge in [-0.15, -0.1) is 11.3 Å². The van der Waals surface area contributed by atoms with Gasteiger partial charge in [0.1, 0.15) is 0 Å². The fourth-order valence-electron chi connectivity index (χ4n) is 6.39. The van der Waals surface area contributed by atoms with Gasteiger partial charge in [0.25, 0.3) is 0 Å². The summed E-state index contributed by atoms with van der Waals surface area (Å²) in [6.07, 6.45) is 2.61. The van der Waals surface area contributed by atoms with Crippen LogP contribution in [-0.4, -0.2) is 61.6 Å². The number of hydrogen-bond acceptors (Lipinski definition) is 8. The molecule has 2 aliphatic rings. The maximum Gasteiger partial charge on any atom is 0.220 e. The Hall–Kier alpha value is -2.36. The molecule has 0 bridgehead atoms. The minimum absolute atomic E-state index is 0.0101. The number of nitrogens with zero attached hydrogens (tertiary/aromatic N) is 1. The van der Waals surface area contributed by atoms with Crippen LogP contribution in [0, 0.1) is 16.7 Å². The zero-order valence-electron chi connectivity index (χ0n) is 21.9. The summed E-state index contributed by atoms with van der Waals surface area (Å²) in [5.41, 5.74) is 1.19. The van der Waals surface area contributed by atoms with Crippen LogP contribution < -0.4 is 20.1 Å². The molecule has 1 aromatic carbocycles. The lowest BCUT2D eigenvalue weighted by Gasteiger charge is -2.58. The second-order valence-corrected chi connectivity index (χ2v) is 11.7. The molecule has 0 radical (unpaired) electrons. The highest BCUT2D eigenvalue weighted by Crippen LogP contribution is 2.62. The van der Waals surface area contributed by atoms with Crippen LogP contribution in [0.5, 0.6) is 11.5 Å². The van der Waals surface area contributed by atoms with Crippen molar-refractivity contribution in [2.45, 2.75) is 58.0 Å². The van der Waals surface area contributed by atoms with Crippen molar-refractivity contribution in [3.8, 4) is 11.5 Å². The van der Waals surface area contributed by atoms with E-state index >= 15 is 0 Å². The summed E-state index contributed by atoms with van der Waals surface area (Å²) in [4.78, 5) is 19.3. The molecule has 5 atom stereocenters. The number of aliphatic hydroxyl groups excluding tert-OH is 2. The van der Waals surface area contributed by atoms with E-state index in [2.05, 4.69) is 17.6 Å². The first-order chi connectivity index (χ1) is 17.2. The lowest BCUT2D eigenvalue weighted by atomic mass is 9.47. The Bertz CT molecular complexity index is 1090. The molecule has 1 saturated carbocycles. The first-order valence-electron chi connectivity index (χ1n) is 12.6. The number of anilines is 1. The molecule has 4 N–H and O–H groups in total. The number of methoxy groups -OCH3 is 2. The smallest absolute Gasteiger partial charge is 0.220 e. The molecular weight excluding hydrogens is 478 g/mol. The maximum absolute atomic E-state index is 13.2. The summed E-state index contributed by atoms with van der Waals surface area (Å²) in [5, 5.41) is 28.3. The van der Waals surface area contributed by atoms with Gasteiger partial charge in [-0.05, 0) is 54.7 Å². The number of carbonyl (C=O) groups is 1. The molecule has 198 valence electrons. The number of carbonyl (C=O) groups excluding carboxylic acids is 1. The van der Waals surface area contributed by atoms with Crippen LogP contribution in [0.2, 0.25) is 0 Å². The highest BCUT2D eigenvalue weighted by Gasteiger charge is 2.59. The minimum atomic E-state index is -0.614. The number of thiazole rings is 1. The third kappa shape index (κ3) is 4.68. The first-order valence-corrected chi connectivity index (χ1v) is 13.5. The van der Waals surface area contributed by atoms with Gasteiger partial charge in [0.15, 0.2) is 16.6 Å². The average Bonchev–Trinajstić information content (AvgIpc) is 3.30. The van der Waals surface area contributed by atoms with Gasteiger partial charge in [-0.3, -0.25) is 4.79 Å². The normalized spacial score (nSPS) is 29.1. The highest BCUT2D eigenvalue weighted by atomic mass is 32.1. The fraction of sp³-hybridized carbons (Fsp3) is 0.630. The van der Waals surface area contributed by atoms with Crippen molar-refractivity contribution in [3.05, 3.63) is 34.3 Å². The topological polar surface area (TPSA) is 113 Å². The predicted molar refractivity (Wildman–Crippen MR) is 141 cm³/mol. The molecular formula is C27H39N3O5S. The third-order valence-corrected chi connectivity index (χ3v) is 9.79. The number of ether oxygens (including phenoxy) is 2. The molecule has 1 amide bonds. The molecule has 1 aromatic heterocycles. The van der Waals surface area contributed by atoms with Crippen molar-refractivity contribution < 1.29 is 24.5 Å². The van der Waals surface area contributed by atoms with Crippen molar-refractivity contribution in [1.29, 1.82) is 0 Å². The highest BCUT2D eigenvalue weighted by molar-refractivity contribution is 7.15. The molecule has 36 heavy (non-hydrogen) atoms. The molecule has 1 heterocycles. The van der Waals surface area contributed by atoms with Gasteiger partial charge in [0.05, 0.1) is 32.6 Å². The molecule has 0 saturated heterocycles. The van der Waals surface area contributed by atoms with Crippen molar-refractivity contribution in [1.82, 2.24) is 10.3 Å². The monoisotopic (exact) mass is 517 g/mol. The summed E-state index contributed by atoms with van der Waals surface area (Å²) in [6, 6.07) is 5.78. The Balaban J connectivity index is 1.51. The van der Waals surface area contributed by atoms with Crippen LogP contribution in [0.4, 0.5) is 5.13 Å². The number of rotatable bonds is 9. The van der Waals surface area contributed by atoms with Crippen molar-refractivity contribution in [2.75, 3.05) is 39.7 Å². The van der Waals surface area contributed by atoms with E-state index in [9.17, 15) is 15.0 Å². The second kappa shape index (κ2) is 10.6. The molecule has 5 unspecified atom stereocenters. The lowest BCUT2D eigenvalue weighted by molar-refractivity contribution is -0.144. The lowest BCUT2D eigenvalue weighted by Crippen LogP contribution is -2.57. The van der Waals surface area contributed by atoms with Crippen LogP contribution in [0.15, 0.2) is 18.2 Å². The number of nitrogens with one attached hydrogen (secondary N) is 2. The Morgan fingerprint density at radius 1 is 1.25 bits per heavy atom. The number of aromatic nitrogens is 1. The molecule has 0 aliphatic heterocycles. The average molecular weight is 518 g/mol. The van der Waals surface area contributed by atoms with Crippen molar-refractivity contribution in [2.24, 2.45) is 16.7 Å². The number of fused-ring (bicyclic) bond motifs is 2. The summed E-state index contributed by atoms with van der Waals surface area (Å²) in [7, 11) is 5.08. The van der Waals surface area contributed by atoms with Crippen LogP contribution in [0.1, 0.15) is 55.2 Å². The van der Waals surface area contributed by atoms with Gasteiger partial charge in [0, 0.05) is 36.2 Å². The van der Waals surface area contributed by atoms with Crippen LogP contribution in [0.3, 0.4) is 0 Å². The standard InChI is InChI=1S/C27H39N3O5S/c1-26-10-8-22(32)27(2,15-31)21(26)14-20-24(30-25(28-3)36-20)17(26)13-23(33)29-11-9-16-6-7-18(34-4)19(12-16)35-5/h6-7,12,17,21-22,31-32H,8-11,13-15H2,1-5H3,(H,28,30)(H,29,33). The van der Waals surface area contributed by atoms with E-state index in [-0.39, 0.29) is 29.8 Å². The van der Waals surface area contributed by atoms with E-state index < -0.39 is 11.5 Å². The van der Waals surface area contributed by atoms with E-state index in [1.165, 1.54) is 0 Å². The molecule has 2 aromatic rings. The number of benzene rings is 1. The summed E-state index contributed by atoms with van der Waals surface area (Å²) in [6.45, 7) is 4.65. The predicted octanol–water partition coefficient (Wildman–Crippen LogP) is 3.37.